The number of hydrogen-bond acceptors (Lipinski definition) is 19. The standard InChI is InChI=1S/C26H30N6O2.C21H18BrN5O2.C21H19N5O2.2H2/c1-4-17(2)11-12-32-16-20(9-10-24(32)33)22-15-29-26(27)25(30-22)23-13-21(31-34-23)19-7-5-18(6-8-19)14-28-3;1-12-20(26-18(11-24-12)15-7-16(22)21(28)25-10-15)19-8-17(27-29-19)14-5-3-13(4-6-14)9-23-2;1-13-21(25-18(12-23-13)16-7-8-20(27)24-11-16)19-9-17(26-28-19)15-5-3-14(4-6-15)10-22-2;;/h5-10,13,15-17,28H,4,11-12,14H2,1-3H3,(H2,27,29);3-8,10-11,23H,9H2,1-2H3,(H,25,28);3-9,11-12,22H,10H2,1-2H3,(H,24,27);2*1H/t17-;;;;/m0..../s1. The quantitative estimate of drug-likeness (QED) is 0.0438. The van der Waals surface area contributed by atoms with Gasteiger partial charge in [0.05, 0.1) is 51.5 Å². The van der Waals surface area contributed by atoms with Gasteiger partial charge in [-0.1, -0.05) is 109 Å². The average molecular weight is 1290 g/mol. The molecule has 9 heterocycles. The van der Waals surface area contributed by atoms with Gasteiger partial charge in [0.25, 0.3) is 11.1 Å². The van der Waals surface area contributed by atoms with E-state index in [2.05, 4.69) is 120 Å². The normalized spacial score (nSPS) is 11.4. The van der Waals surface area contributed by atoms with Crippen LogP contribution in [0.4, 0.5) is 5.82 Å². The lowest BCUT2D eigenvalue weighted by atomic mass is 10.1. The van der Waals surface area contributed by atoms with Crippen LogP contribution in [0, 0.1) is 19.8 Å². The number of nitrogens with one attached hydrogen (secondary N) is 5. The fraction of sp³-hybridized carbons (Fsp3) is 0.206. The van der Waals surface area contributed by atoms with Crippen LogP contribution in [0.5, 0.6) is 0 Å². The molecule has 0 saturated heterocycles. The minimum Gasteiger partial charge on any atom is -0.382 e. The number of nitrogens with zero attached hydrogens (tertiary/aromatic N) is 10. The highest BCUT2D eigenvalue weighted by Gasteiger charge is 2.19. The van der Waals surface area contributed by atoms with Crippen molar-refractivity contribution in [2.75, 3.05) is 26.9 Å². The van der Waals surface area contributed by atoms with Crippen molar-refractivity contribution >= 4 is 21.7 Å². The van der Waals surface area contributed by atoms with Crippen molar-refractivity contribution in [3.8, 4) is 102 Å². The van der Waals surface area contributed by atoms with Gasteiger partial charge in [-0.2, -0.15) is 0 Å². The van der Waals surface area contributed by atoms with E-state index in [0.29, 0.717) is 74.1 Å². The van der Waals surface area contributed by atoms with Gasteiger partial charge in [0.2, 0.25) is 5.56 Å². The zero-order valence-electron chi connectivity index (χ0n) is 51.2. The van der Waals surface area contributed by atoms with E-state index in [1.807, 2.05) is 108 Å². The number of pyridine rings is 3. The summed E-state index contributed by atoms with van der Waals surface area (Å²) in [5.74, 6) is 2.33. The third kappa shape index (κ3) is 15.9. The smallest absolute Gasteiger partial charge is 0.262 e. The predicted octanol–water partition coefficient (Wildman–Crippen LogP) is 12.0. The van der Waals surface area contributed by atoms with Crippen LogP contribution in [0.15, 0.2) is 191 Å². The summed E-state index contributed by atoms with van der Waals surface area (Å²) < 4.78 is 18.8. The summed E-state index contributed by atoms with van der Waals surface area (Å²) in [5, 5.41) is 22.0. The molecule has 0 aliphatic rings. The van der Waals surface area contributed by atoms with Crippen LogP contribution in [0.1, 0.15) is 57.6 Å². The van der Waals surface area contributed by atoms with E-state index in [1.54, 1.807) is 59.8 Å². The number of aryl methyl sites for hydroxylation is 3. The highest BCUT2D eigenvalue weighted by molar-refractivity contribution is 9.10. The molecule has 91 heavy (non-hydrogen) atoms. The summed E-state index contributed by atoms with van der Waals surface area (Å²) in [7, 11) is 5.75. The number of hydrogen-bond donors (Lipinski definition) is 6. The summed E-state index contributed by atoms with van der Waals surface area (Å²) in [6, 6.07) is 38.1. The average Bonchev–Trinajstić information content (AvgIpc) is 2.07. The Labute approximate surface area is 535 Å². The van der Waals surface area contributed by atoms with E-state index in [4.69, 9.17) is 24.3 Å². The first-order valence-corrected chi connectivity index (χ1v) is 30.2. The van der Waals surface area contributed by atoms with E-state index < -0.39 is 0 Å². The first-order chi connectivity index (χ1) is 44.2. The number of rotatable bonds is 19. The van der Waals surface area contributed by atoms with Crippen LogP contribution in [0.3, 0.4) is 0 Å². The summed E-state index contributed by atoms with van der Waals surface area (Å²) in [6.45, 7) is 11.2. The van der Waals surface area contributed by atoms with Crippen LogP contribution in [-0.4, -0.2) is 81.1 Å². The van der Waals surface area contributed by atoms with Crippen molar-refractivity contribution < 1.29 is 16.4 Å². The minimum absolute atomic E-state index is 0. The number of aromatic nitrogens is 12. The Bertz CT molecular complexity index is 4610. The third-order valence-corrected chi connectivity index (χ3v) is 15.5. The number of anilines is 1. The van der Waals surface area contributed by atoms with Crippen molar-refractivity contribution in [1.29, 1.82) is 0 Å². The maximum atomic E-state index is 12.3. The van der Waals surface area contributed by atoms with E-state index in [1.165, 1.54) is 22.8 Å². The zero-order valence-corrected chi connectivity index (χ0v) is 52.8. The van der Waals surface area contributed by atoms with Crippen molar-refractivity contribution in [3.63, 3.8) is 0 Å². The van der Waals surface area contributed by atoms with Crippen molar-refractivity contribution in [3.05, 3.63) is 222 Å². The maximum Gasteiger partial charge on any atom is 0.262 e. The number of nitrogens with two attached hydrogens (primary N) is 1. The first kappa shape index (κ1) is 63.6. The lowest BCUT2D eigenvalue weighted by Crippen LogP contribution is -2.19. The molecule has 23 heteroatoms. The Hall–Kier alpha value is -10.5. The fourth-order valence-electron chi connectivity index (χ4n) is 9.52. The summed E-state index contributed by atoms with van der Waals surface area (Å²) in [6.07, 6.45) is 12.0. The largest absolute Gasteiger partial charge is 0.382 e. The molecule has 0 aliphatic carbocycles. The molecule has 3 aromatic carbocycles. The van der Waals surface area contributed by atoms with Crippen molar-refractivity contribution in [2.24, 2.45) is 5.92 Å². The van der Waals surface area contributed by atoms with Gasteiger partial charge in [-0.25, -0.2) is 19.9 Å². The molecule has 0 unspecified atom stereocenters. The Morgan fingerprint density at radius 2 is 0.967 bits per heavy atom. The number of H-pyrrole nitrogens is 2. The molecule has 0 fully saturated rings. The first-order valence-electron chi connectivity index (χ1n) is 29.4. The second kappa shape index (κ2) is 29.7. The molecule has 9 aromatic heterocycles. The number of halogens is 1. The van der Waals surface area contributed by atoms with Crippen LogP contribution in [-0.2, 0) is 26.2 Å². The van der Waals surface area contributed by atoms with Gasteiger partial charge >= 0.3 is 0 Å². The highest BCUT2D eigenvalue weighted by atomic mass is 79.9. The monoisotopic (exact) mass is 1290 g/mol. The molecule has 466 valence electrons. The second-order valence-electron chi connectivity index (χ2n) is 21.5. The number of nitrogen functional groups attached to an aromatic ring is 1. The topological polar surface area (TPSA) is 305 Å². The molecule has 0 spiro atoms. The van der Waals surface area contributed by atoms with Crippen molar-refractivity contribution in [2.45, 2.75) is 66.7 Å². The number of benzene rings is 3. The van der Waals surface area contributed by atoms with Gasteiger partial charge in [-0.15, -0.1) is 0 Å². The van der Waals surface area contributed by atoms with Gasteiger partial charge in [0.1, 0.15) is 28.5 Å². The molecule has 0 radical (unpaired) electrons. The lowest BCUT2D eigenvalue weighted by molar-refractivity contribution is 0.433. The van der Waals surface area contributed by atoms with Crippen LogP contribution in [0.25, 0.3) is 102 Å². The van der Waals surface area contributed by atoms with Gasteiger partial charge in [-0.3, -0.25) is 24.4 Å². The lowest BCUT2D eigenvalue weighted by Gasteiger charge is -2.12. The highest BCUT2D eigenvalue weighted by Crippen LogP contribution is 2.33. The molecular formula is C68H71BrN16O6. The molecule has 0 amide bonds. The molecule has 0 saturated carbocycles. The Morgan fingerprint density at radius 1 is 0.538 bits per heavy atom. The van der Waals surface area contributed by atoms with Gasteiger partial charge in [0, 0.05) is 111 Å². The van der Waals surface area contributed by atoms with Crippen LogP contribution < -0.4 is 38.4 Å². The number of aromatic amines is 2. The van der Waals surface area contributed by atoms with Gasteiger partial charge in [0.15, 0.2) is 28.8 Å². The summed E-state index contributed by atoms with van der Waals surface area (Å²) >= 11 is 3.24. The summed E-state index contributed by atoms with van der Waals surface area (Å²) in [5.41, 5.74) is 21.6. The van der Waals surface area contributed by atoms with E-state index in [0.717, 1.165) is 88.6 Å². The van der Waals surface area contributed by atoms with E-state index in [-0.39, 0.29) is 25.3 Å². The Kier molecular flexibility index (Phi) is 20.7. The predicted molar refractivity (Wildman–Crippen MR) is 359 cm³/mol. The molecule has 12 rings (SSSR count). The molecule has 12 aromatic rings. The second-order valence-corrected chi connectivity index (χ2v) is 22.4. The molecule has 0 bridgehead atoms. The molecule has 0 aliphatic heterocycles. The SMILES string of the molecule is CC[C@H](C)CCn1cc(-c2cnc(N)c(-c3cc(-c4ccc(CNC)cc4)no3)n2)ccc1=O.CNCc1ccc(-c2cc(-c3nc(-c4c[nH]c(=O)c(Br)c4)cnc3C)on2)cc1.CNCc1ccc(-c2cc(-c3nc(-c4ccc(=O)[nH]c4)cnc3C)on2)cc1.[HH].[HH]. The molecule has 7 N–H and O–H groups in total. The Morgan fingerprint density at radius 3 is 1.43 bits per heavy atom. The molecule has 22 nitrogen and oxygen atoms in total. The third-order valence-electron chi connectivity index (χ3n) is 14.9. The Balaban J connectivity index is 0.000000178. The van der Waals surface area contributed by atoms with Gasteiger partial charge in [-0.05, 0) is 98.1 Å². The van der Waals surface area contributed by atoms with Crippen LogP contribution >= 0.6 is 15.9 Å². The maximum absolute atomic E-state index is 12.3. The van der Waals surface area contributed by atoms with E-state index in [9.17, 15) is 14.4 Å². The molecular weight excluding hydrogens is 1220 g/mol. The fourth-order valence-corrected chi connectivity index (χ4v) is 9.88. The van der Waals surface area contributed by atoms with Crippen LogP contribution in [0.2, 0.25) is 0 Å². The molecule has 1 atom stereocenters. The van der Waals surface area contributed by atoms with Crippen molar-refractivity contribution in [1.82, 2.24) is 75.9 Å². The van der Waals surface area contributed by atoms with E-state index >= 15 is 0 Å². The minimum atomic E-state index is -0.199. The van der Waals surface area contributed by atoms with Gasteiger partial charge < -0.3 is 49.8 Å². The summed E-state index contributed by atoms with van der Waals surface area (Å²) in [4.78, 5) is 67.7. The zero-order chi connectivity index (χ0) is 64.0.